The smallest absolute Gasteiger partial charge is 0.315 e. The molecule has 2 rings (SSSR count). The van der Waals surface area contributed by atoms with Crippen LogP contribution >= 0.6 is 0 Å². The minimum atomic E-state index is -0.722. The van der Waals surface area contributed by atoms with Gasteiger partial charge in [-0.15, -0.1) is 0 Å². The van der Waals surface area contributed by atoms with E-state index in [1.807, 2.05) is 0 Å². The maximum Gasteiger partial charge on any atom is 0.315 e. The van der Waals surface area contributed by atoms with E-state index in [0.29, 0.717) is 19.4 Å². The largest absolute Gasteiger partial charge is 0.347 e. The van der Waals surface area contributed by atoms with Crippen LogP contribution in [0.5, 0.6) is 0 Å². The first-order valence-electron chi connectivity index (χ1n) is 9.52. The van der Waals surface area contributed by atoms with Crippen molar-refractivity contribution in [3.05, 3.63) is 0 Å². The second-order valence-electron chi connectivity index (χ2n) is 7.09. The number of amides is 4. The van der Waals surface area contributed by atoms with Gasteiger partial charge < -0.3 is 20.9 Å². The number of urea groups is 1. The van der Waals surface area contributed by atoms with Gasteiger partial charge in [0.2, 0.25) is 17.6 Å². The van der Waals surface area contributed by atoms with E-state index < -0.39 is 29.8 Å². The van der Waals surface area contributed by atoms with E-state index in [1.165, 1.54) is 11.9 Å². The third-order valence-electron chi connectivity index (χ3n) is 5.31. The molecule has 4 amide bonds. The van der Waals surface area contributed by atoms with E-state index in [0.717, 1.165) is 32.1 Å². The van der Waals surface area contributed by atoms with Crippen LogP contribution in [0.25, 0.3) is 0 Å². The molecule has 0 spiro atoms. The van der Waals surface area contributed by atoms with Crippen LogP contribution in [0.3, 0.4) is 0 Å². The van der Waals surface area contributed by atoms with E-state index in [2.05, 4.69) is 16.0 Å². The average molecular weight is 380 g/mol. The van der Waals surface area contributed by atoms with Crippen LogP contribution in [0.15, 0.2) is 0 Å². The fourth-order valence-electron chi connectivity index (χ4n) is 3.88. The van der Waals surface area contributed by atoms with E-state index in [9.17, 15) is 24.0 Å². The van der Waals surface area contributed by atoms with Crippen molar-refractivity contribution in [2.45, 2.75) is 57.0 Å². The summed E-state index contributed by atoms with van der Waals surface area (Å²) in [5.41, 5.74) is 0. The van der Waals surface area contributed by atoms with Crippen molar-refractivity contribution in [1.29, 1.82) is 0 Å². The quantitative estimate of drug-likeness (QED) is 0.415. The van der Waals surface area contributed by atoms with Crippen molar-refractivity contribution < 1.29 is 24.0 Å². The molecule has 27 heavy (non-hydrogen) atoms. The minimum absolute atomic E-state index is 0.0458. The van der Waals surface area contributed by atoms with Crippen LogP contribution in [0.2, 0.25) is 0 Å². The van der Waals surface area contributed by atoms with Gasteiger partial charge >= 0.3 is 6.03 Å². The number of rotatable bonds is 7. The monoisotopic (exact) mass is 380 g/mol. The summed E-state index contributed by atoms with van der Waals surface area (Å²) in [6, 6.07) is -1.78. The van der Waals surface area contributed by atoms with Crippen LogP contribution in [-0.2, 0) is 19.2 Å². The lowest BCUT2D eigenvalue weighted by molar-refractivity contribution is -0.141. The molecule has 0 aromatic rings. The zero-order valence-corrected chi connectivity index (χ0v) is 15.7. The number of ketones is 1. The van der Waals surface area contributed by atoms with Crippen LogP contribution in [0.4, 0.5) is 4.79 Å². The zero-order valence-electron chi connectivity index (χ0n) is 15.7. The first-order valence-corrected chi connectivity index (χ1v) is 9.52. The Morgan fingerprint density at radius 1 is 1.07 bits per heavy atom. The second kappa shape index (κ2) is 10.0. The van der Waals surface area contributed by atoms with Gasteiger partial charge in [-0.05, 0) is 31.6 Å². The molecule has 1 aliphatic carbocycles. The highest BCUT2D eigenvalue weighted by atomic mass is 16.2. The van der Waals surface area contributed by atoms with Gasteiger partial charge in [-0.1, -0.05) is 19.3 Å². The molecule has 2 unspecified atom stereocenters. The predicted molar refractivity (Wildman–Crippen MR) is 96.8 cm³/mol. The van der Waals surface area contributed by atoms with E-state index in [-0.39, 0.29) is 24.7 Å². The molecular formula is C18H28N4O5. The Labute approximate surface area is 158 Å². The van der Waals surface area contributed by atoms with Crippen LogP contribution in [0, 0.1) is 5.92 Å². The molecule has 1 saturated heterocycles. The molecular weight excluding hydrogens is 352 g/mol. The number of nitrogens with one attached hydrogen (secondary N) is 3. The molecule has 9 heteroatoms. The minimum Gasteiger partial charge on any atom is -0.347 e. The molecule has 150 valence electrons. The fourth-order valence-corrected chi connectivity index (χ4v) is 3.88. The third-order valence-corrected chi connectivity index (χ3v) is 5.31. The lowest BCUT2D eigenvalue weighted by atomic mass is 9.83. The lowest BCUT2D eigenvalue weighted by Crippen LogP contribution is -2.57. The Morgan fingerprint density at radius 3 is 2.41 bits per heavy atom. The second-order valence-corrected chi connectivity index (χ2v) is 7.09. The number of carbonyl (C=O) groups excluding carboxylic acids is 5. The number of nitrogens with zero attached hydrogens (tertiary/aromatic N) is 1. The highest BCUT2D eigenvalue weighted by molar-refractivity contribution is 6.26. The highest BCUT2D eigenvalue weighted by Gasteiger charge is 2.40. The molecule has 1 saturated carbocycles. The molecule has 3 N–H and O–H groups in total. The number of aldehydes is 1. The van der Waals surface area contributed by atoms with Crippen molar-refractivity contribution in [3.63, 3.8) is 0 Å². The van der Waals surface area contributed by atoms with E-state index in [1.54, 1.807) is 0 Å². The van der Waals surface area contributed by atoms with Crippen molar-refractivity contribution in [1.82, 2.24) is 20.9 Å². The maximum atomic E-state index is 13.2. The van der Waals surface area contributed by atoms with Gasteiger partial charge in [-0.3, -0.25) is 19.2 Å². The molecule has 0 radical (unpaired) electrons. The first kappa shape index (κ1) is 20.9. The number of likely N-dealkylation sites (tertiary alicyclic amines) is 1. The summed E-state index contributed by atoms with van der Waals surface area (Å²) in [6.07, 6.45) is 6.19. The molecule has 0 bridgehead atoms. The number of hydrogen-bond donors (Lipinski definition) is 3. The first-order chi connectivity index (χ1) is 13.0. The van der Waals surface area contributed by atoms with Crippen LogP contribution < -0.4 is 16.0 Å². The van der Waals surface area contributed by atoms with Crippen molar-refractivity contribution in [2.24, 2.45) is 5.92 Å². The van der Waals surface area contributed by atoms with Gasteiger partial charge in [0.25, 0.3) is 0 Å². The molecule has 2 aliphatic rings. The summed E-state index contributed by atoms with van der Waals surface area (Å²) in [4.78, 5) is 60.4. The van der Waals surface area contributed by atoms with Crippen molar-refractivity contribution in [3.8, 4) is 0 Å². The molecule has 2 atom stereocenters. The van der Waals surface area contributed by atoms with Gasteiger partial charge in [-0.2, -0.15) is 0 Å². The summed E-state index contributed by atoms with van der Waals surface area (Å²) >= 11 is 0. The van der Waals surface area contributed by atoms with Gasteiger partial charge in [0, 0.05) is 13.6 Å². The number of carbonyl (C=O) groups is 5. The molecule has 0 aromatic carbocycles. The molecule has 2 fully saturated rings. The van der Waals surface area contributed by atoms with Crippen LogP contribution in [-0.4, -0.2) is 67.0 Å². The Balaban J connectivity index is 2.09. The number of Topliss-reactive ketones (excluding diaryl/α,β-unsaturated/α-hetero) is 1. The van der Waals surface area contributed by atoms with Gasteiger partial charge in [0.1, 0.15) is 12.1 Å². The predicted octanol–water partition coefficient (Wildman–Crippen LogP) is -0.260. The van der Waals surface area contributed by atoms with Gasteiger partial charge in [-0.25, -0.2) is 4.79 Å². The Bertz CT molecular complexity index is 588. The van der Waals surface area contributed by atoms with Crippen LogP contribution in [0.1, 0.15) is 44.9 Å². The lowest BCUT2D eigenvalue weighted by Gasteiger charge is -2.34. The summed E-state index contributed by atoms with van der Waals surface area (Å²) in [6.45, 7) is 0.0561. The van der Waals surface area contributed by atoms with E-state index in [4.69, 9.17) is 0 Å². The van der Waals surface area contributed by atoms with Crippen molar-refractivity contribution >= 4 is 29.9 Å². The fraction of sp³-hybridized carbons (Fsp3) is 0.722. The number of hydrogen-bond acceptors (Lipinski definition) is 5. The summed E-state index contributed by atoms with van der Waals surface area (Å²) in [5, 5.41) is 7.66. The molecule has 1 heterocycles. The van der Waals surface area contributed by atoms with E-state index >= 15 is 0 Å². The normalized spacial score (nSPS) is 21.2. The Hall–Kier alpha value is -2.45. The Kier molecular flexibility index (Phi) is 7.75. The van der Waals surface area contributed by atoms with Gasteiger partial charge in [0.05, 0.1) is 6.54 Å². The topological polar surface area (TPSA) is 125 Å². The molecule has 1 aliphatic heterocycles. The molecule has 0 aromatic heterocycles. The average Bonchev–Trinajstić information content (AvgIpc) is 3.19. The zero-order chi connectivity index (χ0) is 19.8. The summed E-state index contributed by atoms with van der Waals surface area (Å²) in [5.74, 6) is -1.38. The van der Waals surface area contributed by atoms with Gasteiger partial charge in [0.15, 0.2) is 6.29 Å². The Morgan fingerprint density at radius 2 is 1.78 bits per heavy atom. The third kappa shape index (κ3) is 5.51. The van der Waals surface area contributed by atoms with Crippen molar-refractivity contribution in [2.75, 3.05) is 20.1 Å². The molecule has 9 nitrogen and oxygen atoms in total. The summed E-state index contributed by atoms with van der Waals surface area (Å²) < 4.78 is 0. The SMILES string of the molecule is CNC(=O)NC(C(=O)N1CCCC1C(=O)NCC(=O)C=O)C1CCCCC1. The summed E-state index contributed by atoms with van der Waals surface area (Å²) in [7, 11) is 1.49. The maximum absolute atomic E-state index is 13.2. The highest BCUT2D eigenvalue weighted by Crippen LogP contribution is 2.29. The standard InChI is InChI=1S/C18H28N4O5/c1-19-18(27)21-15(12-6-3-2-4-7-12)17(26)22-9-5-8-14(22)16(25)20-10-13(24)11-23/h11-12,14-15H,2-10H2,1H3,(H,20,25)(H2,19,21,27).